The van der Waals surface area contributed by atoms with E-state index in [9.17, 15) is 0 Å². The first kappa shape index (κ1) is 13.6. The fraction of sp³-hybridized carbons (Fsp3) is 0.400. The molecule has 0 fully saturated rings. The lowest BCUT2D eigenvalue weighted by Crippen LogP contribution is -2.21. The van der Waals surface area contributed by atoms with Crippen LogP contribution in [0.2, 0.25) is 0 Å². The Kier molecular flexibility index (Phi) is 4.58. The molecular weight excluding hydrogens is 238 g/mol. The Hall–Kier alpha value is -1.81. The van der Waals surface area contributed by atoms with Gasteiger partial charge >= 0.3 is 0 Å². The fourth-order valence-electron chi connectivity index (χ4n) is 2.01. The fourth-order valence-corrected chi connectivity index (χ4v) is 2.01. The van der Waals surface area contributed by atoms with E-state index in [0.717, 1.165) is 23.7 Å². The number of aryl methyl sites for hydroxylation is 1. The molecule has 1 unspecified atom stereocenters. The Morgan fingerprint density at radius 2 is 2.26 bits per heavy atom. The Morgan fingerprint density at radius 3 is 2.95 bits per heavy atom. The van der Waals surface area contributed by atoms with Gasteiger partial charge in [0.05, 0.1) is 6.61 Å². The van der Waals surface area contributed by atoms with E-state index in [0.29, 0.717) is 6.61 Å². The van der Waals surface area contributed by atoms with Crippen molar-refractivity contribution in [2.75, 3.05) is 18.5 Å². The highest BCUT2D eigenvalue weighted by molar-refractivity contribution is 5.62. The molecule has 1 aromatic heterocycles. The summed E-state index contributed by atoms with van der Waals surface area (Å²) in [6.45, 7) is 5.58. The summed E-state index contributed by atoms with van der Waals surface area (Å²) in [5.74, 6) is 0.973. The average Bonchev–Trinajstić information content (AvgIpc) is 2.83. The van der Waals surface area contributed by atoms with Crippen molar-refractivity contribution in [3.8, 4) is 11.4 Å². The SMILES string of the molecule is CCOCC(C)Nc1cccc(-c2nccn2C)c1. The van der Waals surface area contributed by atoms with Gasteiger partial charge in [0.25, 0.3) is 0 Å². The molecule has 1 aromatic carbocycles. The number of aromatic nitrogens is 2. The van der Waals surface area contributed by atoms with Gasteiger partial charge in [-0.25, -0.2) is 4.98 Å². The molecule has 2 aromatic rings. The van der Waals surface area contributed by atoms with Crippen LogP contribution >= 0.6 is 0 Å². The summed E-state index contributed by atoms with van der Waals surface area (Å²) in [6, 6.07) is 8.58. The second kappa shape index (κ2) is 6.38. The van der Waals surface area contributed by atoms with Gasteiger partial charge in [-0.05, 0) is 26.0 Å². The van der Waals surface area contributed by atoms with E-state index in [1.165, 1.54) is 0 Å². The molecule has 0 aliphatic rings. The molecule has 2 rings (SSSR count). The molecule has 0 spiro atoms. The summed E-state index contributed by atoms with van der Waals surface area (Å²) in [7, 11) is 2.00. The zero-order valence-corrected chi connectivity index (χ0v) is 11.8. The summed E-state index contributed by atoms with van der Waals surface area (Å²) in [5, 5.41) is 3.44. The van der Waals surface area contributed by atoms with E-state index in [2.05, 4.69) is 35.4 Å². The number of imidazole rings is 1. The average molecular weight is 259 g/mol. The maximum absolute atomic E-state index is 5.41. The third-order valence-electron chi connectivity index (χ3n) is 2.93. The summed E-state index contributed by atoms with van der Waals surface area (Å²) in [6.07, 6.45) is 3.76. The molecule has 102 valence electrons. The minimum Gasteiger partial charge on any atom is -0.380 e. The van der Waals surface area contributed by atoms with Gasteiger partial charge in [-0.3, -0.25) is 0 Å². The molecule has 0 aliphatic heterocycles. The molecule has 1 atom stereocenters. The Labute approximate surface area is 114 Å². The summed E-state index contributed by atoms with van der Waals surface area (Å²) < 4.78 is 7.43. The quantitative estimate of drug-likeness (QED) is 0.867. The van der Waals surface area contributed by atoms with Crippen LogP contribution in [0.15, 0.2) is 36.7 Å². The van der Waals surface area contributed by atoms with Crippen LogP contribution in [0, 0.1) is 0 Å². The monoisotopic (exact) mass is 259 g/mol. The number of hydrogen-bond donors (Lipinski definition) is 1. The lowest BCUT2D eigenvalue weighted by atomic mass is 10.2. The molecule has 0 saturated carbocycles. The van der Waals surface area contributed by atoms with Crippen LogP contribution in [0.25, 0.3) is 11.4 Å². The number of anilines is 1. The van der Waals surface area contributed by atoms with E-state index in [-0.39, 0.29) is 6.04 Å². The molecule has 0 saturated heterocycles. The predicted octanol–water partition coefficient (Wildman–Crippen LogP) is 2.92. The van der Waals surface area contributed by atoms with E-state index >= 15 is 0 Å². The van der Waals surface area contributed by atoms with Crippen LogP contribution in [0.4, 0.5) is 5.69 Å². The number of nitrogens with one attached hydrogen (secondary N) is 1. The van der Waals surface area contributed by atoms with Crippen LogP contribution < -0.4 is 5.32 Å². The minimum atomic E-state index is 0.288. The second-order valence-corrected chi connectivity index (χ2v) is 4.65. The van der Waals surface area contributed by atoms with Gasteiger partial charge in [-0.15, -0.1) is 0 Å². The minimum absolute atomic E-state index is 0.288. The topological polar surface area (TPSA) is 39.1 Å². The maximum atomic E-state index is 5.41. The van der Waals surface area contributed by atoms with E-state index in [1.54, 1.807) is 0 Å². The smallest absolute Gasteiger partial charge is 0.139 e. The van der Waals surface area contributed by atoms with Crippen LogP contribution in [0.5, 0.6) is 0 Å². The van der Waals surface area contributed by atoms with Gasteiger partial charge in [0.15, 0.2) is 0 Å². The molecule has 19 heavy (non-hydrogen) atoms. The highest BCUT2D eigenvalue weighted by Crippen LogP contribution is 2.21. The Morgan fingerprint density at radius 1 is 1.42 bits per heavy atom. The Balaban J connectivity index is 2.09. The van der Waals surface area contributed by atoms with Crippen molar-refractivity contribution in [3.05, 3.63) is 36.7 Å². The Bertz CT molecular complexity index is 522. The van der Waals surface area contributed by atoms with Gasteiger partial charge in [0, 0.05) is 43.3 Å². The molecule has 1 heterocycles. The first-order valence-electron chi connectivity index (χ1n) is 6.62. The zero-order chi connectivity index (χ0) is 13.7. The normalized spacial score (nSPS) is 12.4. The molecular formula is C15H21N3O. The van der Waals surface area contributed by atoms with Crippen molar-refractivity contribution >= 4 is 5.69 Å². The number of benzene rings is 1. The molecule has 0 bridgehead atoms. The summed E-state index contributed by atoms with van der Waals surface area (Å²) >= 11 is 0. The number of rotatable bonds is 6. The van der Waals surface area contributed by atoms with Crippen molar-refractivity contribution in [2.45, 2.75) is 19.9 Å². The van der Waals surface area contributed by atoms with Gasteiger partial charge in [0.1, 0.15) is 5.82 Å². The standard InChI is InChI=1S/C15H21N3O/c1-4-19-11-12(2)17-14-7-5-6-13(10-14)15-16-8-9-18(15)3/h5-10,12,17H,4,11H2,1-3H3. The number of ether oxygens (including phenoxy) is 1. The molecule has 1 N–H and O–H groups in total. The van der Waals surface area contributed by atoms with E-state index in [4.69, 9.17) is 4.74 Å². The maximum Gasteiger partial charge on any atom is 0.139 e. The lowest BCUT2D eigenvalue weighted by molar-refractivity contribution is 0.141. The summed E-state index contributed by atoms with van der Waals surface area (Å²) in [5.41, 5.74) is 2.20. The third-order valence-corrected chi connectivity index (χ3v) is 2.93. The molecule has 0 radical (unpaired) electrons. The molecule has 4 nitrogen and oxygen atoms in total. The first-order valence-corrected chi connectivity index (χ1v) is 6.62. The zero-order valence-electron chi connectivity index (χ0n) is 11.8. The molecule has 0 amide bonds. The highest BCUT2D eigenvalue weighted by Gasteiger charge is 2.06. The van der Waals surface area contributed by atoms with Crippen molar-refractivity contribution in [2.24, 2.45) is 7.05 Å². The van der Waals surface area contributed by atoms with Gasteiger partial charge in [0.2, 0.25) is 0 Å². The van der Waals surface area contributed by atoms with Gasteiger partial charge < -0.3 is 14.6 Å². The number of nitrogens with zero attached hydrogens (tertiary/aromatic N) is 2. The van der Waals surface area contributed by atoms with Crippen molar-refractivity contribution in [1.29, 1.82) is 0 Å². The molecule has 4 heteroatoms. The van der Waals surface area contributed by atoms with Crippen molar-refractivity contribution < 1.29 is 4.74 Å². The molecule has 0 aliphatic carbocycles. The summed E-state index contributed by atoms with van der Waals surface area (Å²) in [4.78, 5) is 4.37. The van der Waals surface area contributed by atoms with Crippen LogP contribution in [0.3, 0.4) is 0 Å². The van der Waals surface area contributed by atoms with Gasteiger partial charge in [-0.2, -0.15) is 0 Å². The van der Waals surface area contributed by atoms with Gasteiger partial charge in [-0.1, -0.05) is 12.1 Å². The lowest BCUT2D eigenvalue weighted by Gasteiger charge is -2.15. The van der Waals surface area contributed by atoms with Crippen LogP contribution in [0.1, 0.15) is 13.8 Å². The van der Waals surface area contributed by atoms with Crippen LogP contribution in [-0.2, 0) is 11.8 Å². The largest absolute Gasteiger partial charge is 0.380 e. The van der Waals surface area contributed by atoms with E-state index in [1.807, 2.05) is 37.0 Å². The third kappa shape index (κ3) is 3.58. The van der Waals surface area contributed by atoms with E-state index < -0.39 is 0 Å². The predicted molar refractivity (Wildman–Crippen MR) is 78.2 cm³/mol. The highest BCUT2D eigenvalue weighted by atomic mass is 16.5. The van der Waals surface area contributed by atoms with Crippen molar-refractivity contribution in [1.82, 2.24) is 9.55 Å². The second-order valence-electron chi connectivity index (χ2n) is 4.65. The number of hydrogen-bond acceptors (Lipinski definition) is 3. The van der Waals surface area contributed by atoms with Crippen molar-refractivity contribution in [3.63, 3.8) is 0 Å². The van der Waals surface area contributed by atoms with Crippen LogP contribution in [-0.4, -0.2) is 28.8 Å². The first-order chi connectivity index (χ1) is 9.20.